The summed E-state index contributed by atoms with van der Waals surface area (Å²) < 4.78 is 2.18. The van der Waals surface area contributed by atoms with Crippen LogP contribution in [0, 0.1) is 0 Å². The van der Waals surface area contributed by atoms with Gasteiger partial charge in [0.05, 0.1) is 0 Å². The molecule has 20 heavy (non-hydrogen) atoms. The molecule has 0 spiro atoms. The molecule has 2 nitrogen and oxygen atoms in total. The molecule has 0 aliphatic carbocycles. The van der Waals surface area contributed by atoms with Crippen LogP contribution in [-0.2, 0) is 20.1 Å². The Labute approximate surface area is 124 Å². The van der Waals surface area contributed by atoms with E-state index in [0.29, 0.717) is 0 Å². The second-order valence-corrected chi connectivity index (χ2v) is 5.45. The summed E-state index contributed by atoms with van der Waals surface area (Å²) in [5.41, 5.74) is 3.85. The summed E-state index contributed by atoms with van der Waals surface area (Å²) in [4.78, 5) is 0. The van der Waals surface area contributed by atoms with E-state index in [4.69, 9.17) is 11.6 Å². The van der Waals surface area contributed by atoms with E-state index < -0.39 is 0 Å². The minimum Gasteiger partial charge on any atom is -0.350 e. The predicted octanol–water partition coefficient (Wildman–Crippen LogP) is 4.12. The van der Waals surface area contributed by atoms with E-state index >= 15 is 0 Å². The van der Waals surface area contributed by atoms with Crippen LogP contribution < -0.4 is 5.32 Å². The molecule has 0 amide bonds. The molecule has 0 bridgehead atoms. The standard InChI is InChI=1S/C17H17ClN2/c1-20-12-14(16-4-2-3-5-17(16)20)11-19-10-13-6-8-15(18)9-7-13/h2-9,12,19H,10-11H2,1H3. The van der Waals surface area contributed by atoms with Gasteiger partial charge in [0.25, 0.3) is 0 Å². The molecule has 0 unspecified atom stereocenters. The van der Waals surface area contributed by atoms with Crippen molar-refractivity contribution in [3.63, 3.8) is 0 Å². The molecule has 1 N–H and O–H groups in total. The topological polar surface area (TPSA) is 17.0 Å². The first-order chi connectivity index (χ1) is 9.74. The molecule has 0 fully saturated rings. The lowest BCUT2D eigenvalue weighted by Gasteiger charge is -2.04. The summed E-state index contributed by atoms with van der Waals surface area (Å²) in [6, 6.07) is 16.5. The molecule has 0 aliphatic heterocycles. The minimum absolute atomic E-state index is 0.780. The maximum Gasteiger partial charge on any atom is 0.0481 e. The first-order valence-electron chi connectivity index (χ1n) is 6.72. The predicted molar refractivity (Wildman–Crippen MR) is 84.9 cm³/mol. The van der Waals surface area contributed by atoms with Gasteiger partial charge in [0.1, 0.15) is 0 Å². The fourth-order valence-corrected chi connectivity index (χ4v) is 2.64. The zero-order chi connectivity index (χ0) is 13.9. The summed E-state index contributed by atoms with van der Waals surface area (Å²) >= 11 is 5.89. The van der Waals surface area contributed by atoms with Gasteiger partial charge in [0.2, 0.25) is 0 Å². The number of hydrogen-bond donors (Lipinski definition) is 1. The van der Waals surface area contributed by atoms with Gasteiger partial charge in [-0.25, -0.2) is 0 Å². The van der Waals surface area contributed by atoms with E-state index in [1.807, 2.05) is 12.1 Å². The van der Waals surface area contributed by atoms with Crippen molar-refractivity contribution < 1.29 is 0 Å². The summed E-state index contributed by atoms with van der Waals surface area (Å²) in [5, 5.41) is 5.59. The van der Waals surface area contributed by atoms with E-state index in [0.717, 1.165) is 18.1 Å². The molecular weight excluding hydrogens is 268 g/mol. The molecule has 3 aromatic rings. The maximum absolute atomic E-state index is 5.89. The highest BCUT2D eigenvalue weighted by molar-refractivity contribution is 6.30. The second kappa shape index (κ2) is 5.70. The van der Waals surface area contributed by atoms with Gasteiger partial charge >= 0.3 is 0 Å². The highest BCUT2D eigenvalue weighted by atomic mass is 35.5. The van der Waals surface area contributed by atoms with Crippen molar-refractivity contribution in [3.05, 3.63) is 70.9 Å². The molecule has 3 heteroatoms. The van der Waals surface area contributed by atoms with Crippen LogP contribution >= 0.6 is 11.6 Å². The number of para-hydroxylation sites is 1. The SMILES string of the molecule is Cn1cc(CNCc2ccc(Cl)cc2)c2ccccc21. The van der Waals surface area contributed by atoms with Gasteiger partial charge < -0.3 is 9.88 Å². The first kappa shape index (κ1) is 13.2. The van der Waals surface area contributed by atoms with Crippen LogP contribution in [0.15, 0.2) is 54.7 Å². The van der Waals surface area contributed by atoms with Crippen molar-refractivity contribution in [2.45, 2.75) is 13.1 Å². The van der Waals surface area contributed by atoms with Crippen LogP contribution in [0.4, 0.5) is 0 Å². The number of rotatable bonds is 4. The zero-order valence-corrected chi connectivity index (χ0v) is 12.2. The Bertz CT molecular complexity index is 713. The Morgan fingerprint density at radius 3 is 2.55 bits per heavy atom. The number of nitrogens with zero attached hydrogens (tertiary/aromatic N) is 1. The number of aryl methyl sites for hydroxylation is 1. The average molecular weight is 285 g/mol. The van der Waals surface area contributed by atoms with Crippen molar-refractivity contribution in [2.75, 3.05) is 0 Å². The van der Waals surface area contributed by atoms with Gasteiger partial charge in [-0.15, -0.1) is 0 Å². The van der Waals surface area contributed by atoms with Crippen molar-refractivity contribution in [2.24, 2.45) is 7.05 Å². The maximum atomic E-state index is 5.89. The normalized spacial score (nSPS) is 11.1. The molecule has 102 valence electrons. The molecule has 2 aromatic carbocycles. The van der Waals surface area contributed by atoms with Crippen LogP contribution in [0.5, 0.6) is 0 Å². The number of aromatic nitrogens is 1. The molecule has 1 aromatic heterocycles. The summed E-state index contributed by atoms with van der Waals surface area (Å²) in [7, 11) is 2.09. The van der Waals surface area contributed by atoms with Gasteiger partial charge in [-0.05, 0) is 29.3 Å². The molecule has 0 aliphatic rings. The van der Waals surface area contributed by atoms with Crippen LogP contribution in [0.2, 0.25) is 5.02 Å². The quantitative estimate of drug-likeness (QED) is 0.762. The van der Waals surface area contributed by atoms with Crippen LogP contribution in [-0.4, -0.2) is 4.57 Å². The van der Waals surface area contributed by atoms with E-state index in [-0.39, 0.29) is 0 Å². The molecular formula is C17H17ClN2. The Balaban J connectivity index is 1.70. The number of benzene rings is 2. The molecule has 3 rings (SSSR count). The van der Waals surface area contributed by atoms with Gasteiger partial charge in [0.15, 0.2) is 0 Å². The molecule has 1 heterocycles. The second-order valence-electron chi connectivity index (χ2n) is 5.01. The van der Waals surface area contributed by atoms with E-state index in [1.54, 1.807) is 0 Å². The van der Waals surface area contributed by atoms with Crippen molar-refractivity contribution in [1.29, 1.82) is 0 Å². The van der Waals surface area contributed by atoms with Crippen molar-refractivity contribution in [3.8, 4) is 0 Å². The lowest BCUT2D eigenvalue weighted by atomic mass is 10.1. The summed E-state index contributed by atoms with van der Waals surface area (Å²) in [5.74, 6) is 0. The highest BCUT2D eigenvalue weighted by Crippen LogP contribution is 2.20. The summed E-state index contributed by atoms with van der Waals surface area (Å²) in [6.07, 6.45) is 2.19. The highest BCUT2D eigenvalue weighted by Gasteiger charge is 2.05. The lowest BCUT2D eigenvalue weighted by Crippen LogP contribution is -2.12. The molecule has 0 saturated carbocycles. The number of hydrogen-bond acceptors (Lipinski definition) is 1. The Kier molecular flexibility index (Phi) is 3.77. The zero-order valence-electron chi connectivity index (χ0n) is 11.4. The monoisotopic (exact) mass is 284 g/mol. The van der Waals surface area contributed by atoms with Gasteiger partial charge in [0, 0.05) is 42.3 Å². The average Bonchev–Trinajstić information content (AvgIpc) is 2.79. The molecule has 0 radical (unpaired) electrons. The minimum atomic E-state index is 0.780. The summed E-state index contributed by atoms with van der Waals surface area (Å²) in [6.45, 7) is 1.71. The number of nitrogens with one attached hydrogen (secondary N) is 1. The third-order valence-electron chi connectivity index (χ3n) is 3.54. The van der Waals surface area contributed by atoms with Gasteiger partial charge in [-0.1, -0.05) is 41.9 Å². The number of fused-ring (bicyclic) bond motifs is 1. The fraction of sp³-hybridized carbons (Fsp3) is 0.176. The van der Waals surface area contributed by atoms with Crippen LogP contribution in [0.3, 0.4) is 0 Å². The third kappa shape index (κ3) is 2.72. The smallest absolute Gasteiger partial charge is 0.0481 e. The van der Waals surface area contributed by atoms with E-state index in [1.165, 1.54) is 22.0 Å². The van der Waals surface area contributed by atoms with Crippen LogP contribution in [0.1, 0.15) is 11.1 Å². The van der Waals surface area contributed by atoms with Crippen LogP contribution in [0.25, 0.3) is 10.9 Å². The molecule has 0 atom stereocenters. The van der Waals surface area contributed by atoms with E-state index in [2.05, 4.69) is 59.5 Å². The Morgan fingerprint density at radius 2 is 1.75 bits per heavy atom. The molecule has 0 saturated heterocycles. The third-order valence-corrected chi connectivity index (χ3v) is 3.79. The van der Waals surface area contributed by atoms with Gasteiger partial charge in [-0.3, -0.25) is 0 Å². The fourth-order valence-electron chi connectivity index (χ4n) is 2.51. The lowest BCUT2D eigenvalue weighted by molar-refractivity contribution is 0.694. The first-order valence-corrected chi connectivity index (χ1v) is 7.10. The van der Waals surface area contributed by atoms with Crippen molar-refractivity contribution in [1.82, 2.24) is 9.88 Å². The van der Waals surface area contributed by atoms with Crippen molar-refractivity contribution >= 4 is 22.5 Å². The van der Waals surface area contributed by atoms with Gasteiger partial charge in [-0.2, -0.15) is 0 Å². The number of halogens is 1. The van der Waals surface area contributed by atoms with E-state index in [9.17, 15) is 0 Å². The Morgan fingerprint density at radius 1 is 1.00 bits per heavy atom. The Hall–Kier alpha value is -1.77. The largest absolute Gasteiger partial charge is 0.350 e.